The van der Waals surface area contributed by atoms with E-state index >= 15 is 0 Å². The molecule has 5 rings (SSSR count). The molecule has 0 saturated carbocycles. The highest BCUT2D eigenvalue weighted by molar-refractivity contribution is 5.83. The van der Waals surface area contributed by atoms with E-state index in [1.54, 1.807) is 0 Å². The highest BCUT2D eigenvalue weighted by Gasteiger charge is 2.32. The average Bonchev–Trinajstić information content (AvgIpc) is 3.50. The summed E-state index contributed by atoms with van der Waals surface area (Å²) in [7, 11) is 0. The summed E-state index contributed by atoms with van der Waals surface area (Å²) in [6, 6.07) is 10.1. The van der Waals surface area contributed by atoms with Gasteiger partial charge >= 0.3 is 0 Å². The smallest absolute Gasteiger partial charge is 0.224 e. The van der Waals surface area contributed by atoms with Crippen molar-refractivity contribution in [2.75, 3.05) is 26.2 Å². The van der Waals surface area contributed by atoms with Crippen LogP contribution in [-0.4, -0.2) is 47.1 Å². The number of nitrogens with zero attached hydrogens (tertiary/aromatic N) is 3. The maximum Gasteiger partial charge on any atom is 0.224 e. The number of hydrogen-bond donors (Lipinski definition) is 2. The fraction of sp³-hybridized carbons (Fsp3) is 0.485. The van der Waals surface area contributed by atoms with Gasteiger partial charge in [-0.1, -0.05) is 31.1 Å². The van der Waals surface area contributed by atoms with Gasteiger partial charge in [-0.3, -0.25) is 14.7 Å². The molecule has 41 heavy (non-hydrogen) atoms. The highest BCUT2D eigenvalue weighted by Crippen LogP contribution is 2.36. The monoisotopic (exact) mass is 557 g/mol. The first-order valence-electron chi connectivity index (χ1n) is 14.8. The third-order valence-electron chi connectivity index (χ3n) is 8.07. The quantitative estimate of drug-likeness (QED) is 0.251. The zero-order valence-electron chi connectivity index (χ0n) is 25.2. The Bertz CT molecular complexity index is 1480. The molecule has 4 aromatic rings. The van der Waals surface area contributed by atoms with E-state index in [4.69, 9.17) is 13.9 Å². The van der Waals surface area contributed by atoms with Crippen LogP contribution < -0.4 is 10.6 Å². The first-order chi connectivity index (χ1) is 19.7. The van der Waals surface area contributed by atoms with E-state index in [-0.39, 0.29) is 18.0 Å². The lowest BCUT2D eigenvalue weighted by atomic mass is 9.97. The van der Waals surface area contributed by atoms with E-state index in [2.05, 4.69) is 59.7 Å². The van der Waals surface area contributed by atoms with Crippen molar-refractivity contribution >= 4 is 16.9 Å². The molecule has 1 aliphatic heterocycles. The number of nitrogens with one attached hydrogen (secondary N) is 2. The van der Waals surface area contributed by atoms with Crippen LogP contribution in [0.1, 0.15) is 83.9 Å². The van der Waals surface area contributed by atoms with Gasteiger partial charge in [0.05, 0.1) is 29.9 Å². The van der Waals surface area contributed by atoms with Gasteiger partial charge in [0, 0.05) is 43.3 Å². The molecule has 1 saturated heterocycles. The van der Waals surface area contributed by atoms with Crippen LogP contribution in [0.25, 0.3) is 11.0 Å². The van der Waals surface area contributed by atoms with Crippen molar-refractivity contribution in [2.45, 2.75) is 72.9 Å². The topological polar surface area (TPSA) is 96.4 Å². The molecule has 0 spiro atoms. The zero-order chi connectivity index (χ0) is 29.1. The minimum absolute atomic E-state index is 0.00184. The average molecular weight is 558 g/mol. The van der Waals surface area contributed by atoms with Gasteiger partial charge in [0.1, 0.15) is 17.1 Å². The van der Waals surface area contributed by atoms with Crippen molar-refractivity contribution in [3.63, 3.8) is 0 Å². The van der Waals surface area contributed by atoms with Crippen molar-refractivity contribution in [2.24, 2.45) is 5.92 Å². The maximum atomic E-state index is 13.3. The number of rotatable bonds is 10. The second-order valence-electron chi connectivity index (χ2n) is 11.9. The Balaban J connectivity index is 1.37. The van der Waals surface area contributed by atoms with Crippen LogP contribution in [0, 0.1) is 33.6 Å². The number of pyridine rings is 1. The summed E-state index contributed by atoms with van der Waals surface area (Å²) >= 11 is 0. The summed E-state index contributed by atoms with van der Waals surface area (Å²) in [4.78, 5) is 20.4. The van der Waals surface area contributed by atoms with Gasteiger partial charge in [0.15, 0.2) is 0 Å². The largest absolute Gasteiger partial charge is 0.459 e. The number of furan rings is 1. The lowest BCUT2D eigenvalue weighted by Crippen LogP contribution is -2.45. The Hall–Kier alpha value is -3.49. The van der Waals surface area contributed by atoms with E-state index in [1.807, 2.05) is 39.1 Å². The van der Waals surface area contributed by atoms with Crippen LogP contribution in [0.5, 0.6) is 0 Å². The Labute approximate surface area is 242 Å². The first-order valence-corrected chi connectivity index (χ1v) is 14.8. The van der Waals surface area contributed by atoms with Crippen molar-refractivity contribution in [3.8, 4) is 0 Å². The number of fused-ring (bicyclic) bond motifs is 1. The summed E-state index contributed by atoms with van der Waals surface area (Å²) in [5.74, 6) is 2.23. The molecule has 2 N–H and O–H groups in total. The number of carbonyl (C=O) groups is 1. The molecule has 3 aromatic heterocycles. The van der Waals surface area contributed by atoms with Gasteiger partial charge < -0.3 is 19.6 Å². The molecule has 2 atom stereocenters. The van der Waals surface area contributed by atoms with E-state index in [1.165, 1.54) is 0 Å². The van der Waals surface area contributed by atoms with Gasteiger partial charge in [0.25, 0.3) is 0 Å². The molecule has 0 bridgehead atoms. The molecular formula is C33H43N5O3. The fourth-order valence-electron chi connectivity index (χ4n) is 5.98. The normalized spacial score (nSPS) is 15.9. The minimum Gasteiger partial charge on any atom is -0.459 e. The number of benzene rings is 1. The molecule has 4 heterocycles. The minimum atomic E-state index is -0.107. The first kappa shape index (κ1) is 29.0. The number of hydrogen-bond acceptors (Lipinski definition) is 7. The van der Waals surface area contributed by atoms with Crippen molar-refractivity contribution in [1.29, 1.82) is 0 Å². The summed E-state index contributed by atoms with van der Waals surface area (Å²) < 4.78 is 12.0. The van der Waals surface area contributed by atoms with Gasteiger partial charge in [0.2, 0.25) is 5.91 Å². The second kappa shape index (κ2) is 12.6. The van der Waals surface area contributed by atoms with Crippen molar-refractivity contribution < 1.29 is 13.7 Å². The Morgan fingerprint density at radius 2 is 1.85 bits per heavy atom. The lowest BCUT2D eigenvalue weighted by molar-refractivity contribution is -0.121. The second-order valence-corrected chi connectivity index (χ2v) is 11.9. The third kappa shape index (κ3) is 6.71. The maximum absolute atomic E-state index is 13.3. The molecule has 1 aliphatic rings. The zero-order valence-corrected chi connectivity index (χ0v) is 25.2. The van der Waals surface area contributed by atoms with Crippen LogP contribution >= 0.6 is 0 Å². The fourth-order valence-corrected chi connectivity index (χ4v) is 5.98. The van der Waals surface area contributed by atoms with Crippen LogP contribution in [0.4, 0.5) is 0 Å². The number of aromatic nitrogens is 2. The third-order valence-corrected chi connectivity index (χ3v) is 8.07. The number of piperazine rings is 1. The molecule has 8 nitrogen and oxygen atoms in total. The van der Waals surface area contributed by atoms with Crippen LogP contribution in [0.2, 0.25) is 0 Å². The molecule has 218 valence electrons. The Morgan fingerprint density at radius 3 is 2.54 bits per heavy atom. The molecule has 0 aliphatic carbocycles. The molecule has 1 aromatic carbocycles. The van der Waals surface area contributed by atoms with Gasteiger partial charge in [-0.25, -0.2) is 0 Å². The molecule has 1 fully saturated rings. The molecule has 0 radical (unpaired) electrons. The summed E-state index contributed by atoms with van der Waals surface area (Å²) in [5, 5.41) is 11.9. The van der Waals surface area contributed by atoms with E-state index in [0.29, 0.717) is 12.3 Å². The van der Waals surface area contributed by atoms with E-state index in [9.17, 15) is 4.79 Å². The van der Waals surface area contributed by atoms with E-state index in [0.717, 1.165) is 95.2 Å². The summed E-state index contributed by atoms with van der Waals surface area (Å²) in [5.41, 5.74) is 6.91. The van der Waals surface area contributed by atoms with Gasteiger partial charge in [-0.05, 0) is 81.3 Å². The van der Waals surface area contributed by atoms with Crippen molar-refractivity contribution in [3.05, 3.63) is 81.7 Å². The molecule has 8 heteroatoms. The lowest BCUT2D eigenvalue weighted by Gasteiger charge is -2.33. The number of aryl methyl sites for hydroxylation is 4. The SMILES string of the molecule is Cc1cnc(C(CCC(C)C)NC(=O)Cc2ccc3oc(C(c4c(C)noc4C)N4CCNCC4)cc3c2)c(C)c1. The van der Waals surface area contributed by atoms with Gasteiger partial charge in [-0.2, -0.15) is 0 Å². The van der Waals surface area contributed by atoms with Gasteiger partial charge in [-0.15, -0.1) is 0 Å². The Kier molecular flexibility index (Phi) is 8.90. The number of carbonyl (C=O) groups excluding carboxylic acids is 1. The van der Waals surface area contributed by atoms with Crippen LogP contribution in [-0.2, 0) is 11.2 Å². The van der Waals surface area contributed by atoms with Crippen LogP contribution in [0.3, 0.4) is 0 Å². The standard InChI is InChI=1S/C33H43N5O3/c1-20(2)7-9-27(32-22(4)15-21(3)19-35-32)36-30(39)17-25-8-10-28-26(16-25)18-29(40-28)33(38-13-11-34-12-14-38)31-23(5)37-41-24(31)6/h8,10,15-16,18-20,27,33-34H,7,9,11-14,17H2,1-6H3,(H,36,39). The molecular weight excluding hydrogens is 514 g/mol. The Morgan fingerprint density at radius 1 is 1.07 bits per heavy atom. The summed E-state index contributed by atoms with van der Waals surface area (Å²) in [6.45, 7) is 16.2. The predicted molar refractivity (Wildman–Crippen MR) is 161 cm³/mol. The predicted octanol–water partition coefficient (Wildman–Crippen LogP) is 5.88. The summed E-state index contributed by atoms with van der Waals surface area (Å²) in [6.07, 6.45) is 4.06. The van der Waals surface area contributed by atoms with Crippen molar-refractivity contribution in [1.82, 2.24) is 25.7 Å². The van der Waals surface area contributed by atoms with E-state index < -0.39 is 0 Å². The van der Waals surface area contributed by atoms with Crippen LogP contribution in [0.15, 0.2) is 45.5 Å². The highest BCUT2D eigenvalue weighted by atomic mass is 16.5. The molecule has 1 amide bonds. The molecule has 2 unspecified atom stereocenters. The number of amides is 1.